The summed E-state index contributed by atoms with van der Waals surface area (Å²) < 4.78 is 4.93. The molecule has 0 unspecified atom stereocenters. The van der Waals surface area contributed by atoms with E-state index in [0.29, 0.717) is 12.2 Å². The minimum atomic E-state index is -0.301. The molecule has 0 heterocycles. The second-order valence-electron chi connectivity index (χ2n) is 3.89. The van der Waals surface area contributed by atoms with Crippen molar-refractivity contribution in [3.8, 4) is 11.1 Å². The second-order valence-corrected chi connectivity index (χ2v) is 3.89. The highest BCUT2D eigenvalue weighted by Gasteiger charge is 2.07. The molecule has 2 aromatic rings. The molecule has 0 amide bonds. The van der Waals surface area contributed by atoms with Crippen LogP contribution in [0, 0.1) is 0 Å². The van der Waals surface area contributed by atoms with Gasteiger partial charge in [0.15, 0.2) is 0 Å². The Kier molecular flexibility index (Phi) is 3.63. The summed E-state index contributed by atoms with van der Waals surface area (Å²) in [7, 11) is 0. The molecule has 2 rings (SSSR count). The Morgan fingerprint density at radius 1 is 1.11 bits per heavy atom. The van der Waals surface area contributed by atoms with Crippen molar-refractivity contribution in [3.05, 3.63) is 54.1 Å². The lowest BCUT2D eigenvalue weighted by Gasteiger charge is -2.06. The lowest BCUT2D eigenvalue weighted by atomic mass is 10.0. The number of ether oxygens (including phenoxy) is 1. The molecule has 0 aromatic heterocycles. The molecule has 0 radical (unpaired) electrons. The normalized spacial score (nSPS) is 10.1. The number of hydrogen-bond acceptors (Lipinski definition) is 3. The summed E-state index contributed by atoms with van der Waals surface area (Å²) in [6.45, 7) is 2.17. The topological polar surface area (TPSA) is 52.3 Å². The van der Waals surface area contributed by atoms with Crippen LogP contribution in [0.25, 0.3) is 11.1 Å². The number of rotatable bonds is 3. The highest BCUT2D eigenvalue weighted by atomic mass is 16.5. The first-order valence-corrected chi connectivity index (χ1v) is 5.84. The van der Waals surface area contributed by atoms with Crippen molar-refractivity contribution in [2.45, 2.75) is 6.92 Å². The highest BCUT2D eigenvalue weighted by Crippen LogP contribution is 2.25. The number of esters is 1. The number of benzene rings is 2. The first-order chi connectivity index (χ1) is 8.72. The molecule has 2 aromatic carbocycles. The van der Waals surface area contributed by atoms with Crippen LogP contribution in [0.2, 0.25) is 0 Å². The monoisotopic (exact) mass is 241 g/mol. The molecule has 3 heteroatoms. The Balaban J connectivity index is 2.28. The summed E-state index contributed by atoms with van der Waals surface area (Å²) in [6, 6.07) is 14.9. The Morgan fingerprint density at radius 3 is 2.39 bits per heavy atom. The number of carbonyl (C=O) groups excluding carboxylic acids is 1. The SMILES string of the molecule is CCOC(=O)c1ccc(-c2ccccc2N)cc1. The van der Waals surface area contributed by atoms with E-state index in [-0.39, 0.29) is 5.97 Å². The predicted octanol–water partition coefficient (Wildman–Crippen LogP) is 3.11. The van der Waals surface area contributed by atoms with Crippen molar-refractivity contribution in [2.75, 3.05) is 12.3 Å². The standard InChI is InChI=1S/C15H15NO2/c1-2-18-15(17)12-9-7-11(8-10-12)13-5-3-4-6-14(13)16/h3-10H,2,16H2,1H3. The molecule has 2 N–H and O–H groups in total. The van der Waals surface area contributed by atoms with Crippen LogP contribution in [-0.2, 0) is 4.74 Å². The first-order valence-electron chi connectivity index (χ1n) is 5.84. The molecule has 0 aliphatic carbocycles. The van der Waals surface area contributed by atoms with Crippen molar-refractivity contribution in [2.24, 2.45) is 0 Å². The number of hydrogen-bond donors (Lipinski definition) is 1. The third kappa shape index (κ3) is 2.51. The minimum Gasteiger partial charge on any atom is -0.462 e. The number of nitrogen functional groups attached to an aromatic ring is 1. The van der Waals surface area contributed by atoms with E-state index in [0.717, 1.165) is 16.8 Å². The molecule has 0 fully saturated rings. The quantitative estimate of drug-likeness (QED) is 0.663. The van der Waals surface area contributed by atoms with Crippen LogP contribution in [0.1, 0.15) is 17.3 Å². The number of anilines is 1. The van der Waals surface area contributed by atoms with Crippen LogP contribution in [-0.4, -0.2) is 12.6 Å². The van der Waals surface area contributed by atoms with Gasteiger partial charge in [0.1, 0.15) is 0 Å². The Bertz CT molecular complexity index is 547. The summed E-state index contributed by atoms with van der Waals surface area (Å²) in [6.07, 6.45) is 0. The van der Waals surface area contributed by atoms with E-state index in [2.05, 4.69) is 0 Å². The molecular weight excluding hydrogens is 226 g/mol. The molecular formula is C15H15NO2. The molecule has 0 saturated heterocycles. The molecule has 18 heavy (non-hydrogen) atoms. The maximum atomic E-state index is 11.5. The second kappa shape index (κ2) is 5.36. The summed E-state index contributed by atoms with van der Waals surface area (Å²) in [5.41, 5.74) is 9.13. The van der Waals surface area contributed by atoms with E-state index in [1.807, 2.05) is 36.4 Å². The highest BCUT2D eigenvalue weighted by molar-refractivity contribution is 5.90. The summed E-state index contributed by atoms with van der Waals surface area (Å²) >= 11 is 0. The first kappa shape index (κ1) is 12.2. The minimum absolute atomic E-state index is 0.301. The smallest absolute Gasteiger partial charge is 0.338 e. The van der Waals surface area contributed by atoms with Crippen LogP contribution < -0.4 is 5.73 Å². The average Bonchev–Trinajstić information content (AvgIpc) is 2.40. The zero-order valence-corrected chi connectivity index (χ0v) is 10.2. The van der Waals surface area contributed by atoms with Gasteiger partial charge in [-0.2, -0.15) is 0 Å². The Hall–Kier alpha value is -2.29. The molecule has 0 aliphatic rings. The van der Waals surface area contributed by atoms with Crippen LogP contribution in [0.4, 0.5) is 5.69 Å². The average molecular weight is 241 g/mol. The van der Waals surface area contributed by atoms with Crippen LogP contribution in [0.15, 0.2) is 48.5 Å². The molecule has 0 saturated carbocycles. The van der Waals surface area contributed by atoms with E-state index in [1.54, 1.807) is 19.1 Å². The fraction of sp³-hybridized carbons (Fsp3) is 0.133. The zero-order chi connectivity index (χ0) is 13.0. The summed E-state index contributed by atoms with van der Waals surface area (Å²) in [5, 5.41) is 0. The van der Waals surface area contributed by atoms with Gasteiger partial charge in [-0.25, -0.2) is 4.79 Å². The fourth-order valence-electron chi connectivity index (χ4n) is 1.76. The number of nitrogens with two attached hydrogens (primary N) is 1. The van der Waals surface area contributed by atoms with Crippen molar-refractivity contribution in [1.82, 2.24) is 0 Å². The van der Waals surface area contributed by atoms with Crippen molar-refractivity contribution in [1.29, 1.82) is 0 Å². The van der Waals surface area contributed by atoms with Crippen LogP contribution >= 0.6 is 0 Å². The molecule has 0 spiro atoms. The third-order valence-corrected chi connectivity index (χ3v) is 2.67. The lowest BCUT2D eigenvalue weighted by Crippen LogP contribution is -2.04. The van der Waals surface area contributed by atoms with Crippen LogP contribution in [0.3, 0.4) is 0 Å². The van der Waals surface area contributed by atoms with E-state index in [4.69, 9.17) is 10.5 Å². The molecule has 0 atom stereocenters. The van der Waals surface area contributed by atoms with Gasteiger partial charge in [-0.15, -0.1) is 0 Å². The van der Waals surface area contributed by atoms with Gasteiger partial charge in [-0.05, 0) is 30.7 Å². The molecule has 0 aliphatic heterocycles. The van der Waals surface area contributed by atoms with E-state index < -0.39 is 0 Å². The largest absolute Gasteiger partial charge is 0.462 e. The number of para-hydroxylation sites is 1. The van der Waals surface area contributed by atoms with Gasteiger partial charge >= 0.3 is 5.97 Å². The third-order valence-electron chi connectivity index (χ3n) is 2.67. The molecule has 92 valence electrons. The van der Waals surface area contributed by atoms with Gasteiger partial charge in [-0.1, -0.05) is 30.3 Å². The van der Waals surface area contributed by atoms with Crippen molar-refractivity contribution < 1.29 is 9.53 Å². The lowest BCUT2D eigenvalue weighted by molar-refractivity contribution is 0.0526. The fourth-order valence-corrected chi connectivity index (χ4v) is 1.76. The van der Waals surface area contributed by atoms with Crippen molar-refractivity contribution >= 4 is 11.7 Å². The maximum Gasteiger partial charge on any atom is 0.338 e. The maximum absolute atomic E-state index is 11.5. The van der Waals surface area contributed by atoms with Crippen LogP contribution in [0.5, 0.6) is 0 Å². The summed E-state index contributed by atoms with van der Waals surface area (Å²) in [4.78, 5) is 11.5. The number of carbonyl (C=O) groups is 1. The van der Waals surface area contributed by atoms with Gasteiger partial charge in [0.05, 0.1) is 12.2 Å². The summed E-state index contributed by atoms with van der Waals surface area (Å²) in [5.74, 6) is -0.301. The van der Waals surface area contributed by atoms with E-state index >= 15 is 0 Å². The zero-order valence-electron chi connectivity index (χ0n) is 10.2. The predicted molar refractivity (Wildman–Crippen MR) is 72.2 cm³/mol. The molecule has 3 nitrogen and oxygen atoms in total. The van der Waals surface area contributed by atoms with Gasteiger partial charge in [-0.3, -0.25) is 0 Å². The van der Waals surface area contributed by atoms with Crippen molar-refractivity contribution in [3.63, 3.8) is 0 Å². The van der Waals surface area contributed by atoms with Gasteiger partial charge in [0, 0.05) is 11.3 Å². The van der Waals surface area contributed by atoms with E-state index in [1.165, 1.54) is 0 Å². The van der Waals surface area contributed by atoms with Gasteiger partial charge in [0.25, 0.3) is 0 Å². The Morgan fingerprint density at radius 2 is 1.78 bits per heavy atom. The van der Waals surface area contributed by atoms with E-state index in [9.17, 15) is 4.79 Å². The Labute approximate surface area is 106 Å². The molecule has 0 bridgehead atoms. The van der Waals surface area contributed by atoms with Gasteiger partial charge in [0.2, 0.25) is 0 Å². The van der Waals surface area contributed by atoms with Gasteiger partial charge < -0.3 is 10.5 Å².